The van der Waals surface area contributed by atoms with E-state index in [4.69, 9.17) is 8.85 Å². The zero-order valence-electron chi connectivity index (χ0n) is 23.4. The first kappa shape index (κ1) is 27.9. The SMILES string of the molecule is C=CCCCC1C=C(O[Si](C)(C)C)[C@@]2(C)CC[C@H](O[Si](C)(C)C(C)(C)C)C(C)(C)C2CC1. The van der Waals surface area contributed by atoms with E-state index in [9.17, 15) is 0 Å². The third-order valence-electron chi connectivity index (χ3n) is 8.84. The smallest absolute Gasteiger partial charge is 0.241 e. The maximum Gasteiger partial charge on any atom is 0.241 e. The fraction of sp³-hybridized carbons (Fsp3) is 0.857. The van der Waals surface area contributed by atoms with Crippen molar-refractivity contribution in [1.82, 2.24) is 0 Å². The summed E-state index contributed by atoms with van der Waals surface area (Å²) in [5.41, 5.74) is 0.255. The Labute approximate surface area is 202 Å². The minimum absolute atomic E-state index is 0.115. The van der Waals surface area contributed by atoms with Crippen LogP contribution in [0.2, 0.25) is 37.8 Å². The molecule has 186 valence electrons. The second kappa shape index (κ2) is 9.73. The van der Waals surface area contributed by atoms with Crippen molar-refractivity contribution in [1.29, 1.82) is 0 Å². The van der Waals surface area contributed by atoms with Crippen LogP contribution in [0.4, 0.5) is 0 Å². The van der Waals surface area contributed by atoms with Crippen molar-refractivity contribution in [3.05, 3.63) is 24.5 Å². The molecule has 0 aromatic carbocycles. The molecule has 2 aliphatic carbocycles. The molecule has 0 heterocycles. The molecule has 0 spiro atoms. The zero-order chi connectivity index (χ0) is 24.6. The Kier molecular flexibility index (Phi) is 8.49. The summed E-state index contributed by atoms with van der Waals surface area (Å²) in [6, 6.07) is 0. The summed E-state index contributed by atoms with van der Waals surface area (Å²) in [6.07, 6.45) is 13.4. The van der Waals surface area contributed by atoms with Gasteiger partial charge in [0.2, 0.25) is 8.32 Å². The highest BCUT2D eigenvalue weighted by molar-refractivity contribution is 6.74. The summed E-state index contributed by atoms with van der Waals surface area (Å²) >= 11 is 0. The van der Waals surface area contributed by atoms with Crippen LogP contribution >= 0.6 is 0 Å². The highest BCUT2D eigenvalue weighted by atomic mass is 28.4. The van der Waals surface area contributed by atoms with E-state index < -0.39 is 16.6 Å². The van der Waals surface area contributed by atoms with E-state index in [0.717, 1.165) is 12.8 Å². The minimum atomic E-state index is -1.81. The van der Waals surface area contributed by atoms with Crippen molar-refractivity contribution >= 4 is 16.6 Å². The molecule has 0 aliphatic heterocycles. The van der Waals surface area contributed by atoms with E-state index in [-0.39, 0.29) is 15.9 Å². The lowest BCUT2D eigenvalue weighted by Gasteiger charge is -2.57. The van der Waals surface area contributed by atoms with Crippen molar-refractivity contribution in [2.45, 2.75) is 130 Å². The maximum atomic E-state index is 7.11. The Morgan fingerprint density at radius 1 is 1.06 bits per heavy atom. The Bertz CT molecular complexity index is 681. The molecule has 4 heteroatoms. The second-order valence-corrected chi connectivity index (χ2v) is 23.2. The predicted octanol–water partition coefficient (Wildman–Crippen LogP) is 9.32. The molecule has 0 aromatic rings. The van der Waals surface area contributed by atoms with Gasteiger partial charge in [-0.25, -0.2) is 0 Å². The first-order chi connectivity index (χ1) is 14.4. The van der Waals surface area contributed by atoms with Crippen LogP contribution < -0.4 is 0 Å². The fourth-order valence-corrected chi connectivity index (χ4v) is 8.30. The summed E-state index contributed by atoms with van der Waals surface area (Å²) in [4.78, 5) is 0. The van der Waals surface area contributed by atoms with E-state index >= 15 is 0 Å². The molecular weight excluding hydrogens is 424 g/mol. The van der Waals surface area contributed by atoms with E-state index in [1.165, 1.54) is 37.9 Å². The highest BCUT2D eigenvalue weighted by Gasteiger charge is 2.56. The van der Waals surface area contributed by atoms with E-state index in [2.05, 4.69) is 93.0 Å². The van der Waals surface area contributed by atoms with Crippen LogP contribution in [-0.4, -0.2) is 22.7 Å². The van der Waals surface area contributed by atoms with Gasteiger partial charge in [-0.05, 0) is 106 Å². The predicted molar refractivity (Wildman–Crippen MR) is 146 cm³/mol. The number of hydrogen-bond acceptors (Lipinski definition) is 2. The van der Waals surface area contributed by atoms with E-state index in [1.54, 1.807) is 0 Å². The van der Waals surface area contributed by atoms with Gasteiger partial charge in [-0.1, -0.05) is 47.6 Å². The lowest BCUT2D eigenvalue weighted by molar-refractivity contribution is -0.0868. The van der Waals surface area contributed by atoms with Gasteiger partial charge in [-0.15, -0.1) is 6.58 Å². The van der Waals surface area contributed by atoms with Crippen LogP contribution in [0.5, 0.6) is 0 Å². The van der Waals surface area contributed by atoms with Crippen molar-refractivity contribution in [2.75, 3.05) is 0 Å². The standard InChI is InChI=1S/C28H54O2Si2/c1-13-14-15-16-22-17-18-23-27(5,6)24(30-32(11,12)26(2,3)4)19-20-28(23,7)25(21-22)29-31(8,9)10/h13,21-24H,1,14-20H2,2-12H3/t22?,23?,24-,28-/m0/s1. The lowest BCUT2D eigenvalue weighted by atomic mass is 9.54. The minimum Gasteiger partial charge on any atom is -0.547 e. The van der Waals surface area contributed by atoms with Gasteiger partial charge in [0, 0.05) is 5.41 Å². The lowest BCUT2D eigenvalue weighted by Crippen LogP contribution is -2.56. The Balaban J connectivity index is 2.39. The average molecular weight is 479 g/mol. The Hall–Kier alpha value is -0.326. The highest BCUT2D eigenvalue weighted by Crippen LogP contribution is 2.60. The van der Waals surface area contributed by atoms with Gasteiger partial charge in [0.15, 0.2) is 8.32 Å². The molecule has 0 saturated heterocycles. The van der Waals surface area contributed by atoms with Gasteiger partial charge in [-0.2, -0.15) is 0 Å². The summed E-state index contributed by atoms with van der Waals surface area (Å²) < 4.78 is 14.0. The quantitative estimate of drug-likeness (QED) is 0.196. The Morgan fingerprint density at radius 2 is 1.69 bits per heavy atom. The largest absolute Gasteiger partial charge is 0.547 e. The van der Waals surface area contributed by atoms with Gasteiger partial charge < -0.3 is 8.85 Å². The van der Waals surface area contributed by atoms with Gasteiger partial charge in [0.1, 0.15) is 0 Å². The first-order valence-corrected chi connectivity index (χ1v) is 19.5. The normalized spacial score (nSPS) is 31.3. The average Bonchev–Trinajstić information content (AvgIpc) is 2.74. The Morgan fingerprint density at radius 3 is 2.22 bits per heavy atom. The topological polar surface area (TPSA) is 18.5 Å². The molecule has 0 aromatic heterocycles. The number of allylic oxidation sites excluding steroid dienone is 3. The molecule has 2 unspecified atom stereocenters. The van der Waals surface area contributed by atoms with Crippen LogP contribution in [-0.2, 0) is 8.85 Å². The molecule has 32 heavy (non-hydrogen) atoms. The van der Waals surface area contributed by atoms with Gasteiger partial charge in [0.05, 0.1) is 11.9 Å². The molecule has 2 nitrogen and oxygen atoms in total. The summed E-state index contributed by atoms with van der Waals surface area (Å²) in [6.45, 7) is 30.4. The van der Waals surface area contributed by atoms with Crippen molar-refractivity contribution in [3.63, 3.8) is 0 Å². The number of hydrogen-bond donors (Lipinski definition) is 0. The molecular formula is C28H54O2Si2. The maximum absolute atomic E-state index is 7.11. The van der Waals surface area contributed by atoms with E-state index in [0.29, 0.717) is 17.9 Å². The van der Waals surface area contributed by atoms with Gasteiger partial charge in [0.25, 0.3) is 0 Å². The number of unbranched alkanes of at least 4 members (excludes halogenated alkanes) is 1. The fourth-order valence-electron chi connectivity index (χ4n) is 5.85. The molecule has 4 atom stereocenters. The molecule has 0 bridgehead atoms. The van der Waals surface area contributed by atoms with Crippen LogP contribution in [0, 0.1) is 22.7 Å². The summed E-state index contributed by atoms with van der Waals surface area (Å²) in [5.74, 6) is 2.53. The summed E-state index contributed by atoms with van der Waals surface area (Å²) in [5, 5.41) is 0.246. The van der Waals surface area contributed by atoms with Gasteiger partial charge in [-0.3, -0.25) is 0 Å². The van der Waals surface area contributed by atoms with E-state index in [1.807, 2.05) is 0 Å². The number of rotatable bonds is 8. The van der Waals surface area contributed by atoms with Crippen LogP contribution in [0.3, 0.4) is 0 Å². The second-order valence-electron chi connectivity index (χ2n) is 14.0. The molecule has 1 fully saturated rings. The molecule has 2 rings (SSSR count). The van der Waals surface area contributed by atoms with Crippen molar-refractivity contribution in [3.8, 4) is 0 Å². The first-order valence-electron chi connectivity index (χ1n) is 13.1. The molecule has 0 amide bonds. The van der Waals surface area contributed by atoms with Crippen LogP contribution in [0.1, 0.15) is 86.5 Å². The third-order valence-corrected chi connectivity index (χ3v) is 14.2. The van der Waals surface area contributed by atoms with Crippen molar-refractivity contribution in [2.24, 2.45) is 22.7 Å². The summed E-state index contributed by atoms with van der Waals surface area (Å²) in [7, 11) is -3.51. The number of fused-ring (bicyclic) bond motifs is 1. The van der Waals surface area contributed by atoms with Crippen LogP contribution in [0.25, 0.3) is 0 Å². The molecule has 1 saturated carbocycles. The van der Waals surface area contributed by atoms with Crippen LogP contribution in [0.15, 0.2) is 24.5 Å². The molecule has 0 N–H and O–H groups in total. The third kappa shape index (κ3) is 6.21. The van der Waals surface area contributed by atoms with Gasteiger partial charge >= 0.3 is 0 Å². The zero-order valence-corrected chi connectivity index (χ0v) is 25.4. The van der Waals surface area contributed by atoms with Crippen molar-refractivity contribution < 1.29 is 8.85 Å². The molecule has 0 radical (unpaired) electrons. The molecule has 2 aliphatic rings. The monoisotopic (exact) mass is 478 g/mol.